The molecule has 6 heteroatoms. The maximum Gasteiger partial charge on any atom is 0.180 e. The van der Waals surface area contributed by atoms with Crippen molar-refractivity contribution in [1.82, 2.24) is 9.97 Å². The molecule has 0 saturated carbocycles. The molecule has 0 N–H and O–H groups in total. The number of para-hydroxylation sites is 1. The maximum absolute atomic E-state index is 12.0. The summed E-state index contributed by atoms with van der Waals surface area (Å²) in [6, 6.07) is 19.2. The predicted molar refractivity (Wildman–Crippen MR) is 101 cm³/mol. The monoisotopic (exact) mass is 343 g/mol. The topological polar surface area (TPSA) is 61.7 Å². The summed E-state index contributed by atoms with van der Waals surface area (Å²) in [5.41, 5.74) is 3.27. The Morgan fingerprint density at radius 2 is 1.73 bits per heavy atom. The van der Waals surface area contributed by atoms with Crippen molar-refractivity contribution in [1.29, 1.82) is 0 Å². The summed E-state index contributed by atoms with van der Waals surface area (Å²) in [5.74, 6) is 0. The van der Waals surface area contributed by atoms with Crippen LogP contribution in [0.25, 0.3) is 0 Å². The second-order valence-electron chi connectivity index (χ2n) is 5.83. The first-order valence-electron chi connectivity index (χ1n) is 8.32. The van der Waals surface area contributed by atoms with E-state index in [2.05, 4.69) is 9.97 Å². The highest BCUT2D eigenvalue weighted by molar-refractivity contribution is 6.04. The molecule has 1 unspecified atom stereocenters. The number of carbonyl (C=O) groups is 1. The second-order valence-corrected chi connectivity index (χ2v) is 5.83. The van der Waals surface area contributed by atoms with Crippen molar-refractivity contribution < 1.29 is 4.79 Å². The van der Waals surface area contributed by atoms with Gasteiger partial charge in [0.1, 0.15) is 5.71 Å². The Kier molecular flexibility index (Phi) is 4.38. The molecule has 26 heavy (non-hydrogen) atoms. The van der Waals surface area contributed by atoms with Crippen LogP contribution in [0.3, 0.4) is 0 Å². The molecule has 4 rings (SSSR count). The zero-order valence-electron chi connectivity index (χ0n) is 14.0. The van der Waals surface area contributed by atoms with E-state index in [1.54, 1.807) is 23.6 Å². The third-order valence-electron chi connectivity index (χ3n) is 4.20. The SMILES string of the molecule is O=CC1N(c2cccnc2)CC(c2ccccn2)=NN1c1ccccc1. The number of anilines is 2. The molecule has 128 valence electrons. The van der Waals surface area contributed by atoms with E-state index in [9.17, 15) is 4.79 Å². The zero-order valence-corrected chi connectivity index (χ0v) is 14.0. The number of pyridine rings is 2. The first kappa shape index (κ1) is 16.0. The molecular formula is C20H17N5O. The molecule has 0 amide bonds. The van der Waals surface area contributed by atoms with Crippen molar-refractivity contribution >= 4 is 23.4 Å². The minimum Gasteiger partial charge on any atom is -0.336 e. The normalized spacial score (nSPS) is 16.9. The van der Waals surface area contributed by atoms with Crippen molar-refractivity contribution in [3.8, 4) is 0 Å². The van der Waals surface area contributed by atoms with Gasteiger partial charge in [0.2, 0.25) is 0 Å². The fraction of sp³-hybridized carbons (Fsp3) is 0.100. The Morgan fingerprint density at radius 1 is 0.923 bits per heavy atom. The number of hydrazone groups is 1. The summed E-state index contributed by atoms with van der Waals surface area (Å²) in [4.78, 5) is 22.6. The lowest BCUT2D eigenvalue weighted by Crippen LogP contribution is -2.54. The number of aldehydes is 1. The van der Waals surface area contributed by atoms with Gasteiger partial charge in [0.25, 0.3) is 0 Å². The van der Waals surface area contributed by atoms with Crippen LogP contribution in [0.5, 0.6) is 0 Å². The standard InChI is InChI=1S/C20H17N5O/c26-15-20-24(17-9-6-11-21-13-17)14-19(18-10-4-5-12-22-18)23-25(20)16-7-2-1-3-8-16/h1-13,15,20H,14H2. The van der Waals surface area contributed by atoms with E-state index in [0.717, 1.165) is 29.1 Å². The van der Waals surface area contributed by atoms with Crippen molar-refractivity contribution in [2.24, 2.45) is 5.10 Å². The van der Waals surface area contributed by atoms with Crippen LogP contribution in [0.1, 0.15) is 5.69 Å². The minimum atomic E-state index is -0.561. The largest absolute Gasteiger partial charge is 0.336 e. The van der Waals surface area contributed by atoms with Gasteiger partial charge < -0.3 is 4.90 Å². The highest BCUT2D eigenvalue weighted by Crippen LogP contribution is 2.26. The van der Waals surface area contributed by atoms with E-state index in [-0.39, 0.29) is 0 Å². The summed E-state index contributed by atoms with van der Waals surface area (Å²) in [6.07, 6.45) is 5.55. The molecule has 1 aliphatic rings. The molecule has 2 aromatic heterocycles. The van der Waals surface area contributed by atoms with Crippen molar-refractivity contribution in [2.45, 2.75) is 6.17 Å². The highest BCUT2D eigenvalue weighted by Gasteiger charge is 2.32. The van der Waals surface area contributed by atoms with Crippen molar-refractivity contribution in [3.05, 3.63) is 84.9 Å². The summed E-state index contributed by atoms with van der Waals surface area (Å²) < 4.78 is 0. The third-order valence-corrected chi connectivity index (χ3v) is 4.20. The summed E-state index contributed by atoms with van der Waals surface area (Å²) in [6.45, 7) is 0.468. The quantitative estimate of drug-likeness (QED) is 0.682. The number of aromatic nitrogens is 2. The van der Waals surface area contributed by atoms with Gasteiger partial charge in [-0.05, 0) is 36.4 Å². The summed E-state index contributed by atoms with van der Waals surface area (Å²) in [7, 11) is 0. The number of rotatable bonds is 4. The molecule has 0 aliphatic carbocycles. The second kappa shape index (κ2) is 7.14. The van der Waals surface area contributed by atoms with E-state index < -0.39 is 6.17 Å². The van der Waals surface area contributed by atoms with Crippen molar-refractivity contribution in [3.63, 3.8) is 0 Å². The third kappa shape index (κ3) is 3.04. The van der Waals surface area contributed by atoms with Gasteiger partial charge in [-0.15, -0.1) is 0 Å². The fourth-order valence-corrected chi connectivity index (χ4v) is 2.96. The van der Waals surface area contributed by atoms with Gasteiger partial charge in [0, 0.05) is 12.4 Å². The van der Waals surface area contributed by atoms with Crippen LogP contribution in [0.2, 0.25) is 0 Å². The molecule has 3 heterocycles. The number of carbonyl (C=O) groups excluding carboxylic acids is 1. The average molecular weight is 343 g/mol. The molecule has 1 aromatic carbocycles. The molecule has 3 aromatic rings. The van der Waals surface area contributed by atoms with E-state index in [1.165, 1.54) is 0 Å². The Morgan fingerprint density at radius 3 is 2.42 bits per heavy atom. The first-order chi connectivity index (χ1) is 12.9. The Labute approximate surface area is 151 Å². The molecule has 0 radical (unpaired) electrons. The summed E-state index contributed by atoms with van der Waals surface area (Å²) in [5, 5.41) is 6.47. The van der Waals surface area contributed by atoms with E-state index >= 15 is 0 Å². The van der Waals surface area contributed by atoms with Crippen LogP contribution in [-0.2, 0) is 4.79 Å². The van der Waals surface area contributed by atoms with Gasteiger partial charge in [0.05, 0.1) is 29.8 Å². The lowest BCUT2D eigenvalue weighted by atomic mass is 10.1. The molecule has 0 spiro atoms. The number of benzene rings is 1. The maximum atomic E-state index is 12.0. The molecule has 0 saturated heterocycles. The molecule has 6 nitrogen and oxygen atoms in total. The Balaban J connectivity index is 1.83. The molecule has 0 bridgehead atoms. The summed E-state index contributed by atoms with van der Waals surface area (Å²) >= 11 is 0. The van der Waals surface area contributed by atoms with Crippen molar-refractivity contribution in [2.75, 3.05) is 16.5 Å². The average Bonchev–Trinajstić information content (AvgIpc) is 2.74. The van der Waals surface area contributed by atoms with Gasteiger partial charge in [-0.2, -0.15) is 5.10 Å². The van der Waals surface area contributed by atoms with Crippen LogP contribution in [0.4, 0.5) is 11.4 Å². The van der Waals surface area contributed by atoms with E-state index in [1.807, 2.05) is 65.6 Å². The van der Waals surface area contributed by atoms with Crippen LogP contribution >= 0.6 is 0 Å². The van der Waals surface area contributed by atoms with E-state index in [4.69, 9.17) is 5.10 Å². The number of hydrogen-bond acceptors (Lipinski definition) is 6. The highest BCUT2D eigenvalue weighted by atomic mass is 16.1. The zero-order chi connectivity index (χ0) is 17.8. The molecular weight excluding hydrogens is 326 g/mol. The minimum absolute atomic E-state index is 0.468. The first-order valence-corrected chi connectivity index (χ1v) is 8.32. The van der Waals surface area contributed by atoms with E-state index in [0.29, 0.717) is 6.54 Å². The Bertz CT molecular complexity index is 899. The van der Waals surface area contributed by atoms with Crippen LogP contribution in [0, 0.1) is 0 Å². The van der Waals surface area contributed by atoms with Gasteiger partial charge in [0.15, 0.2) is 12.5 Å². The smallest absolute Gasteiger partial charge is 0.180 e. The van der Waals surface area contributed by atoms with Crippen LogP contribution < -0.4 is 9.91 Å². The predicted octanol–water partition coefficient (Wildman–Crippen LogP) is 2.73. The van der Waals surface area contributed by atoms with Gasteiger partial charge in [-0.1, -0.05) is 24.3 Å². The molecule has 1 aliphatic heterocycles. The molecule has 1 atom stereocenters. The van der Waals surface area contributed by atoms with Gasteiger partial charge >= 0.3 is 0 Å². The van der Waals surface area contributed by atoms with Crippen LogP contribution in [-0.4, -0.2) is 34.7 Å². The van der Waals surface area contributed by atoms with Gasteiger partial charge in [-0.25, -0.2) is 5.01 Å². The van der Waals surface area contributed by atoms with Crippen LogP contribution in [0.15, 0.2) is 84.4 Å². The number of nitrogens with zero attached hydrogens (tertiary/aromatic N) is 5. The lowest BCUT2D eigenvalue weighted by molar-refractivity contribution is -0.109. The lowest BCUT2D eigenvalue weighted by Gasteiger charge is -2.40. The number of hydrogen-bond donors (Lipinski definition) is 0. The van der Waals surface area contributed by atoms with Gasteiger partial charge in [-0.3, -0.25) is 14.8 Å². The molecule has 0 fully saturated rings. The fourth-order valence-electron chi connectivity index (χ4n) is 2.96. The Hall–Kier alpha value is -3.54.